The zero-order valence-electron chi connectivity index (χ0n) is 4.13. The molecular weight excluding hydrogens is 110 g/mol. The molecule has 0 aromatic carbocycles. The van der Waals surface area contributed by atoms with Gasteiger partial charge in [-0.1, -0.05) is 5.16 Å². The highest BCUT2D eigenvalue weighted by molar-refractivity contribution is 6.35. The number of aliphatic carboxylic acids is 1. The molecule has 0 aromatic heterocycles. The number of hydrogen-bond acceptors (Lipinski definition) is 3. The topological polar surface area (TPSA) is 58.9 Å². The molecule has 0 saturated heterocycles. The molecule has 0 radical (unpaired) electrons. The summed E-state index contributed by atoms with van der Waals surface area (Å²) in [5.41, 5.74) is 0.116. The van der Waals surface area contributed by atoms with Crippen LogP contribution in [0.25, 0.3) is 0 Å². The normalized spacial score (nSPS) is 17.2. The second-order valence-electron chi connectivity index (χ2n) is 1.43. The first kappa shape index (κ1) is 5.08. The molecule has 0 aliphatic carbocycles. The predicted octanol–water partition coefficient (Wildman–Crippen LogP) is -0.153. The minimum Gasteiger partial charge on any atom is -0.477 e. The second-order valence-corrected chi connectivity index (χ2v) is 1.43. The molecular formula is C4H5NO3. The molecule has 4 heteroatoms. The number of hydrogen-bond donors (Lipinski definition) is 1. The van der Waals surface area contributed by atoms with Crippen molar-refractivity contribution in [2.45, 2.75) is 6.42 Å². The summed E-state index contributed by atoms with van der Waals surface area (Å²) in [7, 11) is 0. The van der Waals surface area contributed by atoms with Crippen molar-refractivity contribution < 1.29 is 14.7 Å². The first-order valence-corrected chi connectivity index (χ1v) is 2.23. The zero-order chi connectivity index (χ0) is 5.98. The SMILES string of the molecule is O=C(O)C1=NOCC1. The van der Waals surface area contributed by atoms with Gasteiger partial charge in [-0.25, -0.2) is 4.79 Å². The first-order valence-electron chi connectivity index (χ1n) is 2.23. The van der Waals surface area contributed by atoms with Gasteiger partial charge in [0.25, 0.3) is 0 Å². The van der Waals surface area contributed by atoms with Crippen molar-refractivity contribution in [1.29, 1.82) is 0 Å². The van der Waals surface area contributed by atoms with Crippen molar-refractivity contribution in [3.05, 3.63) is 0 Å². The molecule has 1 N–H and O–H groups in total. The van der Waals surface area contributed by atoms with Crippen LogP contribution in [0.3, 0.4) is 0 Å². The predicted molar refractivity (Wildman–Crippen MR) is 25.6 cm³/mol. The van der Waals surface area contributed by atoms with Crippen LogP contribution in [0.4, 0.5) is 0 Å². The van der Waals surface area contributed by atoms with Crippen molar-refractivity contribution in [2.75, 3.05) is 6.61 Å². The largest absolute Gasteiger partial charge is 0.477 e. The summed E-state index contributed by atoms with van der Waals surface area (Å²) in [6.45, 7) is 0.404. The lowest BCUT2D eigenvalue weighted by Gasteiger charge is -1.80. The van der Waals surface area contributed by atoms with Crippen molar-refractivity contribution in [3.63, 3.8) is 0 Å². The molecule has 4 nitrogen and oxygen atoms in total. The lowest BCUT2D eigenvalue weighted by molar-refractivity contribution is -0.129. The molecule has 0 fully saturated rings. The Morgan fingerprint density at radius 3 is 2.88 bits per heavy atom. The molecule has 0 unspecified atom stereocenters. The van der Waals surface area contributed by atoms with E-state index in [4.69, 9.17) is 5.11 Å². The minimum absolute atomic E-state index is 0.116. The van der Waals surface area contributed by atoms with E-state index in [-0.39, 0.29) is 5.71 Å². The molecule has 0 aromatic rings. The van der Waals surface area contributed by atoms with Crippen LogP contribution in [-0.4, -0.2) is 23.4 Å². The third kappa shape index (κ3) is 0.776. The smallest absolute Gasteiger partial charge is 0.353 e. The fourth-order valence-corrected chi connectivity index (χ4v) is 0.458. The third-order valence-electron chi connectivity index (χ3n) is 0.852. The Bertz CT molecular complexity index is 140. The lowest BCUT2D eigenvalue weighted by atomic mass is 10.3. The van der Waals surface area contributed by atoms with Gasteiger partial charge in [0, 0.05) is 6.42 Å². The summed E-state index contributed by atoms with van der Waals surface area (Å²) < 4.78 is 0. The molecule has 0 amide bonds. The Hall–Kier alpha value is -1.06. The highest BCUT2D eigenvalue weighted by Gasteiger charge is 2.14. The maximum absolute atomic E-state index is 9.99. The number of carboxylic acid groups (broad SMARTS) is 1. The Labute approximate surface area is 45.7 Å². The van der Waals surface area contributed by atoms with E-state index in [0.29, 0.717) is 13.0 Å². The fourth-order valence-electron chi connectivity index (χ4n) is 0.458. The standard InChI is InChI=1S/C4H5NO3/c6-4(7)3-1-2-8-5-3/h1-2H2,(H,6,7). The van der Waals surface area contributed by atoms with Crippen molar-refractivity contribution in [3.8, 4) is 0 Å². The highest BCUT2D eigenvalue weighted by Crippen LogP contribution is 1.98. The van der Waals surface area contributed by atoms with E-state index < -0.39 is 5.97 Å². The Balaban J connectivity index is 2.57. The third-order valence-corrected chi connectivity index (χ3v) is 0.852. The van der Waals surface area contributed by atoms with Crippen molar-refractivity contribution >= 4 is 11.7 Å². The molecule has 44 valence electrons. The Kier molecular flexibility index (Phi) is 1.15. The van der Waals surface area contributed by atoms with E-state index in [1.165, 1.54) is 0 Å². The molecule has 0 bridgehead atoms. The molecule has 0 spiro atoms. The van der Waals surface area contributed by atoms with Crippen molar-refractivity contribution in [1.82, 2.24) is 0 Å². The number of oxime groups is 1. The van der Waals surface area contributed by atoms with Crippen molar-refractivity contribution in [2.24, 2.45) is 5.16 Å². The van der Waals surface area contributed by atoms with Gasteiger partial charge >= 0.3 is 5.97 Å². The van der Waals surface area contributed by atoms with E-state index in [9.17, 15) is 4.79 Å². The molecule has 0 saturated carbocycles. The fraction of sp³-hybridized carbons (Fsp3) is 0.500. The summed E-state index contributed by atoms with van der Waals surface area (Å²) in [6, 6.07) is 0. The second kappa shape index (κ2) is 1.81. The molecule has 1 heterocycles. The first-order chi connectivity index (χ1) is 3.80. The number of carbonyl (C=O) groups is 1. The zero-order valence-corrected chi connectivity index (χ0v) is 4.13. The van der Waals surface area contributed by atoms with Gasteiger partial charge in [0.15, 0.2) is 5.71 Å². The lowest BCUT2D eigenvalue weighted by Crippen LogP contribution is -2.09. The summed E-state index contributed by atoms with van der Waals surface area (Å²) in [6.07, 6.45) is 0.426. The van der Waals surface area contributed by atoms with E-state index in [0.717, 1.165) is 0 Å². The maximum atomic E-state index is 9.99. The minimum atomic E-state index is -0.984. The summed E-state index contributed by atoms with van der Waals surface area (Å²) in [5.74, 6) is -0.984. The number of nitrogens with zero attached hydrogens (tertiary/aromatic N) is 1. The Morgan fingerprint density at radius 2 is 2.62 bits per heavy atom. The van der Waals surface area contributed by atoms with Gasteiger partial charge in [-0.2, -0.15) is 0 Å². The monoisotopic (exact) mass is 115 g/mol. The molecule has 8 heavy (non-hydrogen) atoms. The van der Waals surface area contributed by atoms with E-state index in [1.807, 2.05) is 0 Å². The van der Waals surface area contributed by atoms with Gasteiger partial charge in [-0.15, -0.1) is 0 Å². The van der Waals surface area contributed by atoms with Gasteiger partial charge in [0.1, 0.15) is 6.61 Å². The van der Waals surface area contributed by atoms with Crippen LogP contribution in [0, 0.1) is 0 Å². The average molecular weight is 115 g/mol. The van der Waals surface area contributed by atoms with Crippen LogP contribution in [0.5, 0.6) is 0 Å². The van der Waals surface area contributed by atoms with Crippen LogP contribution in [0.15, 0.2) is 5.16 Å². The van der Waals surface area contributed by atoms with Gasteiger partial charge in [-0.05, 0) is 0 Å². The van der Waals surface area contributed by atoms with Crippen LogP contribution in [0.2, 0.25) is 0 Å². The maximum Gasteiger partial charge on any atom is 0.353 e. The average Bonchev–Trinajstić information content (AvgIpc) is 2.12. The van der Waals surface area contributed by atoms with Crippen LogP contribution >= 0.6 is 0 Å². The molecule has 1 rings (SSSR count). The van der Waals surface area contributed by atoms with Gasteiger partial charge in [0.05, 0.1) is 0 Å². The van der Waals surface area contributed by atoms with E-state index in [1.54, 1.807) is 0 Å². The van der Waals surface area contributed by atoms with E-state index >= 15 is 0 Å². The molecule has 0 atom stereocenters. The Morgan fingerprint density at radius 1 is 1.88 bits per heavy atom. The van der Waals surface area contributed by atoms with E-state index in [2.05, 4.69) is 9.99 Å². The highest BCUT2D eigenvalue weighted by atomic mass is 16.6. The summed E-state index contributed by atoms with van der Waals surface area (Å²) in [5, 5.41) is 11.5. The van der Waals surface area contributed by atoms with Gasteiger partial charge in [-0.3, -0.25) is 0 Å². The number of carboxylic acids is 1. The van der Waals surface area contributed by atoms with Gasteiger partial charge < -0.3 is 9.94 Å². The summed E-state index contributed by atoms with van der Waals surface area (Å²) >= 11 is 0. The number of rotatable bonds is 1. The van der Waals surface area contributed by atoms with Gasteiger partial charge in [0.2, 0.25) is 0 Å². The van der Waals surface area contributed by atoms with Crippen LogP contribution in [-0.2, 0) is 9.63 Å². The van der Waals surface area contributed by atoms with Crippen LogP contribution in [0.1, 0.15) is 6.42 Å². The molecule has 1 aliphatic rings. The quantitative estimate of drug-likeness (QED) is 0.516. The molecule has 1 aliphatic heterocycles. The van der Waals surface area contributed by atoms with Crippen LogP contribution < -0.4 is 0 Å². The summed E-state index contributed by atoms with van der Waals surface area (Å²) in [4.78, 5) is 14.4.